The number of carbonyl (C=O) groups is 1. The Morgan fingerprint density at radius 3 is 2.39 bits per heavy atom. The molecule has 4 heterocycles. The molecule has 18 heavy (non-hydrogen) atoms. The van der Waals surface area contributed by atoms with Gasteiger partial charge in [0.15, 0.2) is 0 Å². The van der Waals surface area contributed by atoms with Crippen LogP contribution in [0, 0.1) is 5.92 Å². The van der Waals surface area contributed by atoms with E-state index in [1.165, 1.54) is 50.2 Å². The van der Waals surface area contributed by atoms with E-state index in [0.717, 1.165) is 10.8 Å². The zero-order chi connectivity index (χ0) is 12.8. The molecule has 4 rings (SSSR count). The molecule has 0 atom stereocenters. The molecule has 0 spiro atoms. The minimum Gasteiger partial charge on any atom is -0.444 e. The molecule has 0 saturated carbocycles. The molecule has 100 valence electrons. The quantitative estimate of drug-likeness (QED) is 0.896. The molecule has 1 aromatic rings. The fourth-order valence-electron chi connectivity index (χ4n) is 2.40. The van der Waals surface area contributed by atoms with Crippen LogP contribution in [0.1, 0.15) is 24.1 Å². The van der Waals surface area contributed by atoms with E-state index in [2.05, 4.69) is 9.64 Å². The van der Waals surface area contributed by atoms with Gasteiger partial charge in [0.2, 0.25) is 0 Å². The highest BCUT2D eigenvalue weighted by atomic mass is 32.1. The van der Waals surface area contributed by atoms with E-state index in [0.29, 0.717) is 0 Å². The summed E-state index contributed by atoms with van der Waals surface area (Å²) in [7, 11) is 0. The van der Waals surface area contributed by atoms with Gasteiger partial charge in [-0.25, -0.2) is 4.79 Å². The predicted octanol–water partition coefficient (Wildman–Crippen LogP) is 2.45. The summed E-state index contributed by atoms with van der Waals surface area (Å²) in [6, 6.07) is 3.78. The van der Waals surface area contributed by atoms with Crippen molar-refractivity contribution >= 4 is 17.4 Å². The number of ether oxygens (including phenoxy) is 1. The van der Waals surface area contributed by atoms with Gasteiger partial charge in [-0.1, -0.05) is 6.07 Å². The van der Waals surface area contributed by atoms with Crippen molar-refractivity contribution < 1.29 is 9.53 Å². The fraction of sp³-hybridized carbons (Fsp3) is 0.615. The van der Waals surface area contributed by atoms with Crippen LogP contribution >= 0.6 is 11.3 Å². The number of fused-ring (bicyclic) bond motifs is 3. The number of hydrogen-bond donors (Lipinski definition) is 1. The van der Waals surface area contributed by atoms with E-state index in [1.54, 1.807) is 0 Å². The van der Waals surface area contributed by atoms with Crippen LogP contribution in [0.5, 0.6) is 0 Å². The molecule has 3 saturated heterocycles. The van der Waals surface area contributed by atoms with Gasteiger partial charge in [-0.2, -0.15) is 0 Å². The smallest absolute Gasteiger partial charge is 0.404 e. The van der Waals surface area contributed by atoms with Crippen LogP contribution in [0.2, 0.25) is 0 Å². The SMILES string of the molecule is C1CN2CCC1CC2.NC(=O)OCc1cccs1. The lowest BCUT2D eigenvalue weighted by molar-refractivity contribution is 0.111. The zero-order valence-corrected chi connectivity index (χ0v) is 11.3. The molecule has 1 aromatic heterocycles. The summed E-state index contributed by atoms with van der Waals surface area (Å²) < 4.78 is 4.54. The summed E-state index contributed by atoms with van der Waals surface area (Å²) >= 11 is 1.53. The molecule has 0 radical (unpaired) electrons. The predicted molar refractivity (Wildman–Crippen MR) is 72.5 cm³/mol. The summed E-state index contributed by atoms with van der Waals surface area (Å²) in [5.74, 6) is 1.11. The molecule has 4 nitrogen and oxygen atoms in total. The maximum atomic E-state index is 10.1. The third kappa shape index (κ3) is 4.31. The summed E-state index contributed by atoms with van der Waals surface area (Å²) in [6.07, 6.45) is 3.73. The van der Waals surface area contributed by atoms with Crippen LogP contribution in [0.25, 0.3) is 0 Å². The molecule has 3 fully saturated rings. The first kappa shape index (κ1) is 13.4. The Balaban J connectivity index is 0.000000136. The van der Waals surface area contributed by atoms with Crippen LogP contribution in [0.4, 0.5) is 4.79 Å². The number of nitrogens with two attached hydrogens (primary N) is 1. The zero-order valence-electron chi connectivity index (χ0n) is 10.5. The monoisotopic (exact) mass is 268 g/mol. The number of amides is 1. The Morgan fingerprint density at radius 1 is 1.39 bits per heavy atom. The van der Waals surface area contributed by atoms with Gasteiger partial charge in [0.25, 0.3) is 0 Å². The molecule has 2 bridgehead atoms. The number of carbonyl (C=O) groups excluding carboxylic acids is 1. The highest BCUT2D eigenvalue weighted by molar-refractivity contribution is 7.09. The number of rotatable bonds is 2. The van der Waals surface area contributed by atoms with E-state index in [4.69, 9.17) is 5.73 Å². The van der Waals surface area contributed by atoms with E-state index in [1.807, 2.05) is 17.5 Å². The number of hydrogen-bond acceptors (Lipinski definition) is 4. The van der Waals surface area contributed by atoms with E-state index < -0.39 is 6.09 Å². The van der Waals surface area contributed by atoms with Crippen LogP contribution < -0.4 is 5.73 Å². The standard InChI is InChI=1S/C7H13N.C6H7NO2S/c1-4-8-5-2-7(1)3-6-8;7-6(8)9-4-5-2-1-3-10-5/h7H,1-6H2;1-3H,4H2,(H2,7,8). The van der Waals surface area contributed by atoms with Gasteiger partial charge in [0.05, 0.1) is 0 Å². The molecule has 3 aliphatic rings. The molecule has 0 unspecified atom stereocenters. The minimum atomic E-state index is -0.728. The lowest BCUT2D eigenvalue weighted by Crippen LogP contribution is -2.41. The third-order valence-corrected chi connectivity index (χ3v) is 4.35. The van der Waals surface area contributed by atoms with Gasteiger partial charge in [-0.15, -0.1) is 11.3 Å². The van der Waals surface area contributed by atoms with Crippen molar-refractivity contribution in [3.63, 3.8) is 0 Å². The number of nitrogens with zero attached hydrogens (tertiary/aromatic N) is 1. The maximum Gasteiger partial charge on any atom is 0.404 e. The number of piperidine rings is 3. The molecule has 0 aliphatic carbocycles. The van der Waals surface area contributed by atoms with Crippen molar-refractivity contribution in [2.24, 2.45) is 11.7 Å². The first-order chi connectivity index (χ1) is 8.74. The van der Waals surface area contributed by atoms with Gasteiger partial charge in [0.1, 0.15) is 6.61 Å². The van der Waals surface area contributed by atoms with Crippen molar-refractivity contribution in [1.29, 1.82) is 0 Å². The van der Waals surface area contributed by atoms with Crippen LogP contribution in [-0.4, -0.2) is 30.6 Å². The van der Waals surface area contributed by atoms with E-state index in [-0.39, 0.29) is 6.61 Å². The van der Waals surface area contributed by atoms with Crippen molar-refractivity contribution in [1.82, 2.24) is 4.90 Å². The Morgan fingerprint density at radius 2 is 2.06 bits per heavy atom. The largest absolute Gasteiger partial charge is 0.444 e. The number of primary amides is 1. The van der Waals surface area contributed by atoms with Gasteiger partial charge in [-0.05, 0) is 56.3 Å². The summed E-state index contributed by atoms with van der Waals surface area (Å²) in [6.45, 7) is 4.47. The van der Waals surface area contributed by atoms with E-state index >= 15 is 0 Å². The Bertz CT molecular complexity index is 336. The second kappa shape index (κ2) is 6.75. The lowest BCUT2D eigenvalue weighted by Gasteiger charge is -2.38. The van der Waals surface area contributed by atoms with Gasteiger partial charge >= 0.3 is 6.09 Å². The Hall–Kier alpha value is -1.07. The molecule has 3 aliphatic heterocycles. The maximum absolute atomic E-state index is 10.1. The first-order valence-corrected chi connectivity index (χ1v) is 7.29. The summed E-state index contributed by atoms with van der Waals surface area (Å²) in [5.41, 5.74) is 4.75. The van der Waals surface area contributed by atoms with Crippen molar-refractivity contribution in [3.05, 3.63) is 22.4 Å². The Kier molecular flexibility index (Phi) is 5.01. The minimum absolute atomic E-state index is 0.285. The Labute approximate surface area is 112 Å². The number of thiophene rings is 1. The van der Waals surface area contributed by atoms with Crippen LogP contribution in [0.15, 0.2) is 17.5 Å². The topological polar surface area (TPSA) is 55.6 Å². The summed E-state index contributed by atoms with van der Waals surface area (Å²) in [5, 5.41) is 1.92. The molecule has 0 aromatic carbocycles. The van der Waals surface area contributed by atoms with Crippen molar-refractivity contribution in [2.45, 2.75) is 25.9 Å². The van der Waals surface area contributed by atoms with Crippen molar-refractivity contribution in [3.8, 4) is 0 Å². The van der Waals surface area contributed by atoms with Gasteiger partial charge < -0.3 is 15.4 Å². The highest BCUT2D eigenvalue weighted by Gasteiger charge is 2.24. The van der Waals surface area contributed by atoms with E-state index in [9.17, 15) is 4.79 Å². The van der Waals surface area contributed by atoms with Gasteiger partial charge in [-0.3, -0.25) is 0 Å². The molecular formula is C13H20N2O2S. The fourth-order valence-corrected chi connectivity index (χ4v) is 3.02. The molecular weight excluding hydrogens is 248 g/mol. The normalized spacial score (nSPS) is 25.1. The second-order valence-electron chi connectivity index (χ2n) is 4.76. The molecule has 1 amide bonds. The first-order valence-electron chi connectivity index (χ1n) is 6.41. The van der Waals surface area contributed by atoms with Crippen LogP contribution in [0.3, 0.4) is 0 Å². The molecule has 2 N–H and O–H groups in total. The third-order valence-electron chi connectivity index (χ3n) is 3.50. The highest BCUT2D eigenvalue weighted by Crippen LogP contribution is 2.26. The summed E-state index contributed by atoms with van der Waals surface area (Å²) in [4.78, 5) is 13.7. The molecule has 5 heteroatoms. The van der Waals surface area contributed by atoms with Crippen LogP contribution in [-0.2, 0) is 11.3 Å². The lowest BCUT2D eigenvalue weighted by atomic mass is 9.89. The van der Waals surface area contributed by atoms with Gasteiger partial charge in [0, 0.05) is 4.88 Å². The average molecular weight is 268 g/mol. The second-order valence-corrected chi connectivity index (χ2v) is 5.79. The van der Waals surface area contributed by atoms with Crippen molar-refractivity contribution in [2.75, 3.05) is 19.6 Å². The average Bonchev–Trinajstić information content (AvgIpc) is 2.93.